The number of hydrogen-bond donors (Lipinski definition) is 1. The maximum Gasteiger partial charge on any atom is 0.586 e. The van der Waals surface area contributed by atoms with E-state index in [1.165, 1.54) is 6.07 Å². The number of alkyl halides is 2. The summed E-state index contributed by atoms with van der Waals surface area (Å²) in [6, 6.07) is 2.40. The highest BCUT2D eigenvalue weighted by Gasteiger charge is 2.44. The SMILES string of the molecule is [C-]#[N+]c1cc(N)c2c(c1)OC(F)(F)O2. The van der Waals surface area contributed by atoms with Gasteiger partial charge in [0.05, 0.1) is 12.3 Å². The second-order valence-electron chi connectivity index (χ2n) is 2.64. The van der Waals surface area contributed by atoms with Crippen molar-refractivity contribution in [2.24, 2.45) is 0 Å². The zero-order valence-electron chi connectivity index (χ0n) is 6.75. The number of nitrogens with zero attached hydrogens (tertiary/aromatic N) is 1. The molecule has 0 atom stereocenters. The predicted octanol–water partition coefficient (Wildman–Crippen LogP) is 2.14. The monoisotopic (exact) mass is 198 g/mol. The van der Waals surface area contributed by atoms with Crippen LogP contribution in [0.1, 0.15) is 0 Å². The van der Waals surface area contributed by atoms with Gasteiger partial charge >= 0.3 is 6.29 Å². The number of rotatable bonds is 0. The summed E-state index contributed by atoms with van der Waals surface area (Å²) < 4.78 is 33.4. The molecule has 0 saturated heterocycles. The Bertz CT molecular complexity index is 440. The summed E-state index contributed by atoms with van der Waals surface area (Å²) in [5, 5.41) is 0. The number of nitrogen functional groups attached to an aromatic ring is 1. The number of halogens is 2. The largest absolute Gasteiger partial charge is 0.586 e. The molecule has 0 radical (unpaired) electrons. The van der Waals surface area contributed by atoms with Crippen LogP contribution in [-0.2, 0) is 0 Å². The molecule has 0 amide bonds. The molecule has 1 aliphatic rings. The first kappa shape index (κ1) is 8.56. The van der Waals surface area contributed by atoms with E-state index in [-0.39, 0.29) is 22.9 Å². The third-order valence-electron chi connectivity index (χ3n) is 1.65. The van der Waals surface area contributed by atoms with Gasteiger partial charge in [0.15, 0.2) is 17.2 Å². The smallest absolute Gasteiger partial charge is 0.397 e. The van der Waals surface area contributed by atoms with Gasteiger partial charge in [-0.2, -0.15) is 0 Å². The molecular weight excluding hydrogens is 194 g/mol. The van der Waals surface area contributed by atoms with Crippen molar-refractivity contribution in [3.63, 3.8) is 0 Å². The van der Waals surface area contributed by atoms with Gasteiger partial charge in [-0.25, -0.2) is 4.85 Å². The molecule has 0 fully saturated rings. The molecular formula is C8H4F2N2O2. The molecule has 0 aliphatic carbocycles. The Hall–Kier alpha value is -2.03. The fourth-order valence-corrected chi connectivity index (χ4v) is 1.13. The highest BCUT2D eigenvalue weighted by molar-refractivity contribution is 5.70. The molecule has 0 bridgehead atoms. The Balaban J connectivity index is 2.54. The van der Waals surface area contributed by atoms with Crippen LogP contribution in [0.3, 0.4) is 0 Å². The lowest BCUT2D eigenvalue weighted by atomic mass is 10.2. The van der Waals surface area contributed by atoms with Gasteiger partial charge in [-0.1, -0.05) is 0 Å². The standard InChI is InChI=1S/C8H4F2N2O2/c1-12-4-2-5(11)7-6(3-4)13-8(9,10)14-7/h2-3H,11H2. The van der Waals surface area contributed by atoms with E-state index in [0.717, 1.165) is 6.07 Å². The van der Waals surface area contributed by atoms with Crippen molar-refractivity contribution in [1.29, 1.82) is 0 Å². The Morgan fingerprint density at radius 1 is 1.36 bits per heavy atom. The predicted molar refractivity (Wildman–Crippen MR) is 43.3 cm³/mol. The summed E-state index contributed by atoms with van der Waals surface area (Å²) in [5.74, 6) is -0.427. The van der Waals surface area contributed by atoms with Crippen LogP contribution >= 0.6 is 0 Å². The van der Waals surface area contributed by atoms with Gasteiger partial charge in [0.1, 0.15) is 0 Å². The first-order valence-electron chi connectivity index (χ1n) is 3.59. The highest BCUT2D eigenvalue weighted by atomic mass is 19.3. The summed E-state index contributed by atoms with van der Waals surface area (Å²) in [7, 11) is 0. The van der Waals surface area contributed by atoms with Crippen LogP contribution in [0.2, 0.25) is 0 Å². The van der Waals surface area contributed by atoms with Gasteiger partial charge in [0.2, 0.25) is 0 Å². The Morgan fingerprint density at radius 2 is 2.07 bits per heavy atom. The van der Waals surface area contributed by atoms with Crippen LogP contribution in [0, 0.1) is 6.57 Å². The van der Waals surface area contributed by atoms with Gasteiger partial charge in [-0.3, -0.25) is 0 Å². The Kier molecular flexibility index (Phi) is 1.52. The number of nitrogens with two attached hydrogens (primary N) is 1. The van der Waals surface area contributed by atoms with Crippen molar-refractivity contribution in [2.45, 2.75) is 6.29 Å². The number of anilines is 1. The molecule has 1 aliphatic heterocycles. The van der Waals surface area contributed by atoms with Crippen molar-refractivity contribution in [1.82, 2.24) is 0 Å². The molecule has 14 heavy (non-hydrogen) atoms. The molecule has 1 heterocycles. The molecule has 72 valence electrons. The minimum atomic E-state index is -3.70. The van der Waals surface area contributed by atoms with Gasteiger partial charge in [0.25, 0.3) is 0 Å². The van der Waals surface area contributed by atoms with Crippen LogP contribution < -0.4 is 15.2 Å². The first-order chi connectivity index (χ1) is 6.52. The summed E-state index contributed by atoms with van der Waals surface area (Å²) in [6.07, 6.45) is -3.70. The van der Waals surface area contributed by atoms with E-state index in [9.17, 15) is 8.78 Å². The fraction of sp³-hybridized carbons (Fsp3) is 0.125. The van der Waals surface area contributed by atoms with E-state index in [2.05, 4.69) is 14.3 Å². The summed E-state index contributed by atoms with van der Waals surface area (Å²) in [5.41, 5.74) is 5.48. The average molecular weight is 198 g/mol. The molecule has 6 heteroatoms. The van der Waals surface area contributed by atoms with E-state index in [0.29, 0.717) is 0 Å². The normalized spacial score (nSPS) is 16.4. The van der Waals surface area contributed by atoms with Crippen LogP contribution in [0.15, 0.2) is 12.1 Å². The lowest BCUT2D eigenvalue weighted by molar-refractivity contribution is -0.286. The zero-order chi connectivity index (χ0) is 10.3. The highest BCUT2D eigenvalue weighted by Crippen LogP contribution is 2.46. The lowest BCUT2D eigenvalue weighted by Crippen LogP contribution is -2.26. The third kappa shape index (κ3) is 1.19. The van der Waals surface area contributed by atoms with Crippen molar-refractivity contribution < 1.29 is 18.3 Å². The van der Waals surface area contributed by atoms with Crippen molar-refractivity contribution in [3.05, 3.63) is 23.5 Å². The number of fused-ring (bicyclic) bond motifs is 1. The lowest BCUT2D eigenvalue weighted by Gasteiger charge is -2.04. The van der Waals surface area contributed by atoms with Gasteiger partial charge in [-0.05, 0) is 12.1 Å². The second-order valence-corrected chi connectivity index (χ2v) is 2.64. The zero-order valence-corrected chi connectivity index (χ0v) is 6.75. The van der Waals surface area contributed by atoms with E-state index in [1.807, 2.05) is 0 Å². The van der Waals surface area contributed by atoms with Gasteiger partial charge in [0, 0.05) is 0 Å². The van der Waals surface area contributed by atoms with Crippen LogP contribution in [0.25, 0.3) is 4.85 Å². The van der Waals surface area contributed by atoms with Crippen molar-refractivity contribution >= 4 is 11.4 Å². The number of benzene rings is 1. The summed E-state index contributed by atoms with van der Waals surface area (Å²) >= 11 is 0. The molecule has 2 rings (SSSR count). The molecule has 2 N–H and O–H groups in total. The number of hydrogen-bond acceptors (Lipinski definition) is 3. The molecule has 1 aromatic rings. The van der Waals surface area contributed by atoms with Crippen LogP contribution in [0.5, 0.6) is 11.5 Å². The van der Waals surface area contributed by atoms with E-state index >= 15 is 0 Å². The summed E-state index contributed by atoms with van der Waals surface area (Å²) in [4.78, 5) is 3.05. The third-order valence-corrected chi connectivity index (χ3v) is 1.65. The van der Waals surface area contributed by atoms with Crippen molar-refractivity contribution in [2.75, 3.05) is 5.73 Å². The molecule has 0 spiro atoms. The Morgan fingerprint density at radius 3 is 2.71 bits per heavy atom. The van der Waals surface area contributed by atoms with Gasteiger partial charge < -0.3 is 15.2 Å². The second kappa shape index (κ2) is 2.48. The maximum absolute atomic E-state index is 12.6. The topological polar surface area (TPSA) is 48.8 Å². The van der Waals surface area contributed by atoms with Gasteiger partial charge in [-0.15, -0.1) is 8.78 Å². The molecule has 4 nitrogen and oxygen atoms in total. The van der Waals surface area contributed by atoms with E-state index in [4.69, 9.17) is 12.3 Å². The fourth-order valence-electron chi connectivity index (χ4n) is 1.13. The van der Waals surface area contributed by atoms with Crippen LogP contribution in [-0.4, -0.2) is 6.29 Å². The Labute approximate surface area is 77.7 Å². The molecule has 1 aromatic carbocycles. The first-order valence-corrected chi connectivity index (χ1v) is 3.59. The van der Waals surface area contributed by atoms with E-state index in [1.54, 1.807) is 0 Å². The average Bonchev–Trinajstić information content (AvgIpc) is 2.40. The minimum absolute atomic E-state index is 0.0364. The molecule has 0 unspecified atom stereocenters. The van der Waals surface area contributed by atoms with Crippen molar-refractivity contribution in [3.8, 4) is 11.5 Å². The molecule has 0 saturated carbocycles. The summed E-state index contributed by atoms with van der Waals surface area (Å²) in [6.45, 7) is 6.69. The maximum atomic E-state index is 12.6. The minimum Gasteiger partial charge on any atom is -0.397 e. The number of ether oxygens (including phenoxy) is 2. The molecule has 0 aromatic heterocycles. The quantitative estimate of drug-likeness (QED) is 0.513. The van der Waals surface area contributed by atoms with Crippen LogP contribution in [0.4, 0.5) is 20.2 Å². The van der Waals surface area contributed by atoms with E-state index < -0.39 is 6.29 Å².